The first-order chi connectivity index (χ1) is 11.9. The van der Waals surface area contributed by atoms with Crippen LogP contribution in [0.25, 0.3) is 0 Å². The predicted octanol–water partition coefficient (Wildman–Crippen LogP) is 1.04. The molecule has 0 unspecified atom stereocenters. The topological polar surface area (TPSA) is 83.4 Å². The first-order valence-corrected chi connectivity index (χ1v) is 8.22. The minimum Gasteiger partial charge on any atom is -0.353 e. The molecule has 0 saturated carbocycles. The molecule has 1 aliphatic rings. The fourth-order valence-corrected chi connectivity index (χ4v) is 2.83. The summed E-state index contributed by atoms with van der Waals surface area (Å²) in [5, 5.41) is 2.60. The van der Waals surface area contributed by atoms with E-state index in [0.717, 1.165) is 24.5 Å². The number of anilines is 2. The van der Waals surface area contributed by atoms with Crippen LogP contribution in [0.1, 0.15) is 23.1 Å². The molecule has 1 aliphatic heterocycles. The SMILES string of the molecule is CC(=O)Nc1cn(C)c(C(=O)N2CCN(c3ccc(C)cn3)CC2)n1. The predicted molar refractivity (Wildman–Crippen MR) is 94.6 cm³/mol. The minimum atomic E-state index is -0.212. The van der Waals surface area contributed by atoms with Crippen molar-refractivity contribution in [3.05, 3.63) is 35.9 Å². The zero-order chi connectivity index (χ0) is 18.0. The molecule has 1 saturated heterocycles. The normalized spacial score (nSPS) is 14.5. The van der Waals surface area contributed by atoms with E-state index in [0.29, 0.717) is 24.7 Å². The Kier molecular flexibility index (Phi) is 4.69. The van der Waals surface area contributed by atoms with Crippen molar-refractivity contribution >= 4 is 23.5 Å². The Labute approximate surface area is 146 Å². The first-order valence-electron chi connectivity index (χ1n) is 8.22. The molecule has 0 bridgehead atoms. The van der Waals surface area contributed by atoms with E-state index >= 15 is 0 Å². The molecular weight excluding hydrogens is 320 g/mol. The minimum absolute atomic E-state index is 0.129. The van der Waals surface area contributed by atoms with Crippen LogP contribution in [0.5, 0.6) is 0 Å². The molecule has 0 atom stereocenters. The van der Waals surface area contributed by atoms with Gasteiger partial charge in [0.1, 0.15) is 5.82 Å². The summed E-state index contributed by atoms with van der Waals surface area (Å²) < 4.78 is 1.64. The molecule has 0 radical (unpaired) electrons. The van der Waals surface area contributed by atoms with Gasteiger partial charge in [0.25, 0.3) is 5.91 Å². The summed E-state index contributed by atoms with van der Waals surface area (Å²) in [6.45, 7) is 6.09. The molecule has 2 amide bonds. The van der Waals surface area contributed by atoms with Crippen LogP contribution in [0, 0.1) is 6.92 Å². The number of aromatic nitrogens is 3. The molecule has 132 valence electrons. The number of carbonyl (C=O) groups is 2. The number of carbonyl (C=O) groups excluding carboxylic acids is 2. The molecule has 3 rings (SSSR count). The van der Waals surface area contributed by atoms with E-state index in [2.05, 4.69) is 20.2 Å². The molecule has 0 aromatic carbocycles. The third-order valence-corrected chi connectivity index (χ3v) is 4.16. The molecule has 1 fully saturated rings. The molecule has 8 heteroatoms. The van der Waals surface area contributed by atoms with Crippen LogP contribution in [0.3, 0.4) is 0 Å². The Morgan fingerprint density at radius 2 is 1.88 bits per heavy atom. The highest BCUT2D eigenvalue weighted by molar-refractivity contribution is 5.93. The van der Waals surface area contributed by atoms with E-state index in [1.54, 1.807) is 22.7 Å². The second-order valence-corrected chi connectivity index (χ2v) is 6.21. The van der Waals surface area contributed by atoms with Gasteiger partial charge >= 0.3 is 0 Å². The standard InChI is InChI=1S/C17H22N6O2/c1-12-4-5-15(18-10-12)22-6-8-23(9-7-22)17(25)16-20-14(11-21(16)3)19-13(2)24/h4-5,10-11H,6-9H2,1-3H3,(H,19,24). The molecule has 0 aliphatic carbocycles. The van der Waals surface area contributed by atoms with Gasteiger partial charge in [-0.2, -0.15) is 0 Å². The number of amides is 2. The highest BCUT2D eigenvalue weighted by atomic mass is 16.2. The van der Waals surface area contributed by atoms with E-state index in [4.69, 9.17) is 0 Å². The lowest BCUT2D eigenvalue weighted by atomic mass is 10.2. The molecule has 1 N–H and O–H groups in total. The third-order valence-electron chi connectivity index (χ3n) is 4.16. The maximum Gasteiger partial charge on any atom is 0.290 e. The van der Waals surface area contributed by atoms with Gasteiger partial charge in [-0.15, -0.1) is 0 Å². The molecule has 3 heterocycles. The Hall–Kier alpha value is -2.90. The highest BCUT2D eigenvalue weighted by Gasteiger charge is 2.25. The van der Waals surface area contributed by atoms with Crippen molar-refractivity contribution in [3.63, 3.8) is 0 Å². The third kappa shape index (κ3) is 3.78. The van der Waals surface area contributed by atoms with E-state index < -0.39 is 0 Å². The van der Waals surface area contributed by atoms with Crippen LogP contribution in [0.4, 0.5) is 11.6 Å². The fourth-order valence-electron chi connectivity index (χ4n) is 2.83. The molecule has 8 nitrogen and oxygen atoms in total. The van der Waals surface area contributed by atoms with Crippen LogP contribution in [-0.4, -0.2) is 57.4 Å². The summed E-state index contributed by atoms with van der Waals surface area (Å²) in [6, 6.07) is 4.04. The highest BCUT2D eigenvalue weighted by Crippen LogP contribution is 2.16. The van der Waals surface area contributed by atoms with Gasteiger partial charge in [0.15, 0.2) is 5.82 Å². The van der Waals surface area contributed by atoms with Crippen molar-refractivity contribution in [1.82, 2.24) is 19.4 Å². The van der Waals surface area contributed by atoms with E-state index in [1.165, 1.54) is 6.92 Å². The van der Waals surface area contributed by atoms with Gasteiger partial charge in [0.05, 0.1) is 0 Å². The summed E-state index contributed by atoms with van der Waals surface area (Å²) in [4.78, 5) is 36.5. The summed E-state index contributed by atoms with van der Waals surface area (Å²) in [6.07, 6.45) is 3.49. The lowest BCUT2D eigenvalue weighted by molar-refractivity contribution is -0.114. The zero-order valence-electron chi connectivity index (χ0n) is 14.7. The van der Waals surface area contributed by atoms with Crippen LogP contribution in [-0.2, 0) is 11.8 Å². The number of aryl methyl sites for hydroxylation is 2. The van der Waals surface area contributed by atoms with Gasteiger partial charge in [-0.25, -0.2) is 9.97 Å². The van der Waals surface area contributed by atoms with Gasteiger partial charge in [-0.05, 0) is 18.6 Å². The van der Waals surface area contributed by atoms with Gasteiger partial charge in [0, 0.05) is 52.5 Å². The Morgan fingerprint density at radius 3 is 2.48 bits per heavy atom. The fraction of sp³-hybridized carbons (Fsp3) is 0.412. The first kappa shape index (κ1) is 16.9. The number of rotatable bonds is 3. The van der Waals surface area contributed by atoms with E-state index in [-0.39, 0.29) is 11.8 Å². The Morgan fingerprint density at radius 1 is 1.16 bits per heavy atom. The number of imidazole rings is 1. The van der Waals surface area contributed by atoms with Crippen molar-refractivity contribution in [2.24, 2.45) is 7.05 Å². The van der Waals surface area contributed by atoms with Crippen molar-refractivity contribution in [3.8, 4) is 0 Å². The van der Waals surface area contributed by atoms with Gasteiger partial charge < -0.3 is 19.7 Å². The molecule has 2 aromatic rings. The smallest absolute Gasteiger partial charge is 0.290 e. The van der Waals surface area contributed by atoms with Crippen LogP contribution >= 0.6 is 0 Å². The zero-order valence-corrected chi connectivity index (χ0v) is 14.7. The number of nitrogens with one attached hydrogen (secondary N) is 1. The van der Waals surface area contributed by atoms with Gasteiger partial charge in [-0.3, -0.25) is 9.59 Å². The van der Waals surface area contributed by atoms with E-state index in [1.807, 2.05) is 25.3 Å². The van der Waals surface area contributed by atoms with Crippen LogP contribution < -0.4 is 10.2 Å². The summed E-state index contributed by atoms with van der Waals surface area (Å²) in [5.41, 5.74) is 1.13. The number of pyridine rings is 1. The van der Waals surface area contributed by atoms with Crippen molar-refractivity contribution in [2.45, 2.75) is 13.8 Å². The lowest BCUT2D eigenvalue weighted by Crippen LogP contribution is -2.49. The second-order valence-electron chi connectivity index (χ2n) is 6.21. The Bertz CT molecular complexity index is 775. The number of hydrogen-bond donors (Lipinski definition) is 1. The van der Waals surface area contributed by atoms with Crippen molar-refractivity contribution in [1.29, 1.82) is 0 Å². The van der Waals surface area contributed by atoms with Crippen LogP contribution in [0.2, 0.25) is 0 Å². The van der Waals surface area contributed by atoms with Gasteiger partial charge in [-0.1, -0.05) is 6.07 Å². The summed E-state index contributed by atoms with van der Waals surface area (Å²) in [5.74, 6) is 1.31. The lowest BCUT2D eigenvalue weighted by Gasteiger charge is -2.35. The van der Waals surface area contributed by atoms with Crippen molar-refractivity contribution < 1.29 is 9.59 Å². The second kappa shape index (κ2) is 6.92. The molecule has 25 heavy (non-hydrogen) atoms. The molecule has 0 spiro atoms. The number of nitrogens with zero attached hydrogens (tertiary/aromatic N) is 5. The maximum atomic E-state index is 12.7. The van der Waals surface area contributed by atoms with Crippen LogP contribution in [0.15, 0.2) is 24.5 Å². The molecular formula is C17H22N6O2. The van der Waals surface area contributed by atoms with E-state index in [9.17, 15) is 9.59 Å². The number of piperazine rings is 1. The monoisotopic (exact) mass is 342 g/mol. The average molecular weight is 342 g/mol. The van der Waals surface area contributed by atoms with Gasteiger partial charge in [0.2, 0.25) is 11.7 Å². The maximum absolute atomic E-state index is 12.7. The Balaban J connectivity index is 1.64. The van der Waals surface area contributed by atoms with Crippen molar-refractivity contribution in [2.75, 3.05) is 36.4 Å². The largest absolute Gasteiger partial charge is 0.353 e. The summed E-state index contributed by atoms with van der Waals surface area (Å²) >= 11 is 0. The molecule has 2 aromatic heterocycles. The summed E-state index contributed by atoms with van der Waals surface area (Å²) in [7, 11) is 1.75. The quantitative estimate of drug-likeness (QED) is 0.901. The number of hydrogen-bond acceptors (Lipinski definition) is 5. The average Bonchev–Trinajstić information content (AvgIpc) is 2.94.